The second-order valence-corrected chi connectivity index (χ2v) is 9.01. The molecule has 0 aromatic rings. The number of hydrogen-bond donors (Lipinski definition) is 2. The van der Waals surface area contributed by atoms with Gasteiger partial charge in [0.25, 0.3) is 0 Å². The molecule has 0 aromatic carbocycles. The van der Waals surface area contributed by atoms with Gasteiger partial charge in [0.1, 0.15) is 0 Å². The second kappa shape index (κ2) is 25.0. The van der Waals surface area contributed by atoms with Gasteiger partial charge < -0.3 is 10.4 Å². The Morgan fingerprint density at radius 3 is 1.29 bits per heavy atom. The summed E-state index contributed by atoms with van der Waals surface area (Å²) in [5.41, 5.74) is 0. The first kappa shape index (κ1) is 27.9. The van der Waals surface area contributed by atoms with Crippen LogP contribution in [0.1, 0.15) is 149 Å². The average Bonchev–Trinajstić information content (AvgIpc) is 2.70. The lowest BCUT2D eigenvalue weighted by molar-refractivity contribution is 0.158. The molecule has 0 aliphatic carbocycles. The van der Waals surface area contributed by atoms with Crippen molar-refractivity contribution in [2.24, 2.45) is 0 Å². The average molecular weight is 398 g/mol. The molecule has 2 nitrogen and oxygen atoms in total. The summed E-state index contributed by atoms with van der Waals surface area (Å²) >= 11 is 0. The van der Waals surface area contributed by atoms with Crippen LogP contribution in [-0.4, -0.2) is 24.3 Å². The molecule has 1 unspecified atom stereocenters. The first-order valence-electron chi connectivity index (χ1n) is 13.2. The van der Waals surface area contributed by atoms with Crippen molar-refractivity contribution in [3.8, 4) is 0 Å². The quantitative estimate of drug-likeness (QED) is 0.161. The molecule has 0 saturated heterocycles. The van der Waals surface area contributed by atoms with E-state index in [-0.39, 0.29) is 6.10 Å². The van der Waals surface area contributed by atoms with E-state index < -0.39 is 0 Å². The summed E-state index contributed by atoms with van der Waals surface area (Å²) in [5.74, 6) is 0. The van der Waals surface area contributed by atoms with Crippen LogP contribution in [0, 0.1) is 0 Å². The van der Waals surface area contributed by atoms with E-state index in [0.29, 0.717) is 0 Å². The van der Waals surface area contributed by atoms with Crippen LogP contribution in [0.4, 0.5) is 0 Å². The predicted molar refractivity (Wildman–Crippen MR) is 127 cm³/mol. The Balaban J connectivity index is 3.11. The zero-order chi connectivity index (χ0) is 20.5. The van der Waals surface area contributed by atoms with E-state index in [9.17, 15) is 5.11 Å². The van der Waals surface area contributed by atoms with Crippen LogP contribution in [0.5, 0.6) is 0 Å². The monoisotopic (exact) mass is 397 g/mol. The molecule has 0 bridgehead atoms. The molecule has 170 valence electrons. The van der Waals surface area contributed by atoms with Gasteiger partial charge >= 0.3 is 0 Å². The summed E-state index contributed by atoms with van der Waals surface area (Å²) in [7, 11) is 0. The molecule has 2 heteroatoms. The van der Waals surface area contributed by atoms with Crippen molar-refractivity contribution < 1.29 is 5.11 Å². The van der Waals surface area contributed by atoms with Gasteiger partial charge in [0.15, 0.2) is 0 Å². The van der Waals surface area contributed by atoms with E-state index in [1.807, 2.05) is 0 Å². The fraction of sp³-hybridized carbons (Fsp3) is 1.00. The molecule has 0 fully saturated rings. The normalized spacial score (nSPS) is 12.5. The minimum absolute atomic E-state index is 0.141. The molecule has 0 heterocycles. The van der Waals surface area contributed by atoms with Crippen molar-refractivity contribution in [3.63, 3.8) is 0 Å². The largest absolute Gasteiger partial charge is 0.392 e. The van der Waals surface area contributed by atoms with Gasteiger partial charge in [0, 0.05) is 6.54 Å². The molecule has 0 aliphatic rings. The van der Waals surface area contributed by atoms with E-state index in [1.165, 1.54) is 128 Å². The van der Waals surface area contributed by atoms with Gasteiger partial charge in [-0.25, -0.2) is 0 Å². The zero-order valence-electron chi connectivity index (χ0n) is 19.8. The fourth-order valence-corrected chi connectivity index (χ4v) is 3.98. The van der Waals surface area contributed by atoms with Gasteiger partial charge in [-0.2, -0.15) is 0 Å². The van der Waals surface area contributed by atoms with Crippen molar-refractivity contribution in [2.75, 3.05) is 13.1 Å². The van der Waals surface area contributed by atoms with E-state index >= 15 is 0 Å². The van der Waals surface area contributed by atoms with Gasteiger partial charge in [-0.05, 0) is 19.4 Å². The van der Waals surface area contributed by atoms with Crippen LogP contribution in [0.25, 0.3) is 0 Å². The number of aliphatic hydroxyl groups is 1. The number of aliphatic hydroxyl groups excluding tert-OH is 1. The van der Waals surface area contributed by atoms with E-state index in [0.717, 1.165) is 19.5 Å². The Morgan fingerprint density at radius 1 is 0.500 bits per heavy atom. The molecule has 0 aliphatic heterocycles. The van der Waals surface area contributed by atoms with Crippen molar-refractivity contribution in [1.82, 2.24) is 5.32 Å². The van der Waals surface area contributed by atoms with Crippen molar-refractivity contribution >= 4 is 0 Å². The Labute approximate surface area is 178 Å². The highest BCUT2D eigenvalue weighted by Crippen LogP contribution is 2.13. The molecule has 0 spiro atoms. The summed E-state index contributed by atoms with van der Waals surface area (Å²) < 4.78 is 0. The second-order valence-electron chi connectivity index (χ2n) is 9.01. The molecule has 0 radical (unpaired) electrons. The Morgan fingerprint density at radius 2 is 0.857 bits per heavy atom. The third kappa shape index (κ3) is 24.0. The van der Waals surface area contributed by atoms with Crippen molar-refractivity contribution in [1.29, 1.82) is 0 Å². The minimum Gasteiger partial charge on any atom is -0.392 e. The predicted octanol–water partition coefficient (Wildman–Crippen LogP) is 8.17. The first-order chi connectivity index (χ1) is 13.8. The topological polar surface area (TPSA) is 32.3 Å². The molecule has 0 amide bonds. The molecular weight excluding hydrogens is 342 g/mol. The molecule has 0 saturated carbocycles. The van der Waals surface area contributed by atoms with E-state index in [2.05, 4.69) is 19.2 Å². The van der Waals surface area contributed by atoms with Gasteiger partial charge in [0.2, 0.25) is 0 Å². The summed E-state index contributed by atoms with van der Waals surface area (Å²) in [6, 6.07) is 0. The lowest BCUT2D eigenvalue weighted by atomic mass is 10.0. The maximum absolute atomic E-state index is 10.1. The van der Waals surface area contributed by atoms with E-state index in [4.69, 9.17) is 0 Å². The summed E-state index contributed by atoms with van der Waals surface area (Å²) in [5, 5.41) is 13.5. The van der Waals surface area contributed by atoms with Crippen molar-refractivity contribution in [3.05, 3.63) is 0 Å². The highest BCUT2D eigenvalue weighted by atomic mass is 16.3. The fourth-order valence-electron chi connectivity index (χ4n) is 3.98. The van der Waals surface area contributed by atoms with Crippen LogP contribution >= 0.6 is 0 Å². The summed E-state index contributed by atoms with van der Waals surface area (Å²) in [6.07, 6.45) is 28.4. The first-order valence-corrected chi connectivity index (χ1v) is 13.2. The van der Waals surface area contributed by atoms with Crippen LogP contribution in [0.15, 0.2) is 0 Å². The van der Waals surface area contributed by atoms with Gasteiger partial charge in [0.05, 0.1) is 6.10 Å². The SMILES string of the molecule is CCCCCCCCCCCCCCCCC(O)CNCCCCCCCC. The number of unbranched alkanes of at least 4 members (excludes halogenated alkanes) is 18. The molecule has 1 atom stereocenters. The zero-order valence-corrected chi connectivity index (χ0v) is 19.8. The molecular formula is C26H55NO. The van der Waals surface area contributed by atoms with Gasteiger partial charge in [-0.3, -0.25) is 0 Å². The molecule has 28 heavy (non-hydrogen) atoms. The van der Waals surface area contributed by atoms with Crippen LogP contribution in [-0.2, 0) is 0 Å². The highest BCUT2D eigenvalue weighted by Gasteiger charge is 2.03. The lowest BCUT2D eigenvalue weighted by Crippen LogP contribution is -2.27. The Kier molecular flexibility index (Phi) is 24.9. The lowest BCUT2D eigenvalue weighted by Gasteiger charge is -2.11. The van der Waals surface area contributed by atoms with Crippen LogP contribution in [0.3, 0.4) is 0 Å². The van der Waals surface area contributed by atoms with Crippen molar-refractivity contribution in [2.45, 2.75) is 155 Å². The smallest absolute Gasteiger partial charge is 0.0664 e. The molecule has 0 aromatic heterocycles. The highest BCUT2D eigenvalue weighted by molar-refractivity contribution is 4.60. The minimum atomic E-state index is -0.141. The maximum Gasteiger partial charge on any atom is 0.0664 e. The Bertz CT molecular complexity index is 269. The Hall–Kier alpha value is -0.0800. The maximum atomic E-state index is 10.1. The van der Waals surface area contributed by atoms with E-state index in [1.54, 1.807) is 0 Å². The van der Waals surface area contributed by atoms with Gasteiger partial charge in [-0.15, -0.1) is 0 Å². The van der Waals surface area contributed by atoms with Gasteiger partial charge in [-0.1, -0.05) is 136 Å². The molecule has 0 rings (SSSR count). The summed E-state index contributed by atoms with van der Waals surface area (Å²) in [6.45, 7) is 6.41. The number of nitrogens with one attached hydrogen (secondary N) is 1. The third-order valence-electron chi connectivity index (χ3n) is 5.98. The molecule has 2 N–H and O–H groups in total. The number of rotatable bonds is 24. The number of hydrogen-bond acceptors (Lipinski definition) is 2. The summed E-state index contributed by atoms with van der Waals surface area (Å²) in [4.78, 5) is 0. The van der Waals surface area contributed by atoms with Crippen LogP contribution in [0.2, 0.25) is 0 Å². The standard InChI is InChI=1S/C26H55NO/c1-3-5-7-9-11-12-13-14-15-16-17-18-19-21-23-26(28)25-27-24-22-20-10-8-6-4-2/h26-28H,3-25H2,1-2H3. The third-order valence-corrected chi connectivity index (χ3v) is 5.98. The van der Waals surface area contributed by atoms with Crippen LogP contribution < -0.4 is 5.32 Å².